The second-order valence-corrected chi connectivity index (χ2v) is 6.30. The van der Waals surface area contributed by atoms with Crippen molar-refractivity contribution in [3.63, 3.8) is 0 Å². The van der Waals surface area contributed by atoms with Crippen LogP contribution >= 0.6 is 11.6 Å². The third-order valence-corrected chi connectivity index (χ3v) is 4.14. The fraction of sp³-hybridized carbons (Fsp3) is 0.250. The highest BCUT2D eigenvalue weighted by molar-refractivity contribution is 6.47. The Morgan fingerprint density at radius 2 is 1.55 bits per heavy atom. The summed E-state index contributed by atoms with van der Waals surface area (Å²) in [6.45, 7) is 1.32. The molecule has 1 unspecified atom stereocenters. The van der Waals surface area contributed by atoms with Crippen LogP contribution in [-0.4, -0.2) is 32.6 Å². The van der Waals surface area contributed by atoms with Crippen molar-refractivity contribution < 1.29 is 49.9 Å². The van der Waals surface area contributed by atoms with Gasteiger partial charge in [0.25, 0.3) is 0 Å². The van der Waals surface area contributed by atoms with Gasteiger partial charge in [0, 0.05) is 20.0 Å². The van der Waals surface area contributed by atoms with E-state index in [4.69, 9.17) is 11.6 Å². The van der Waals surface area contributed by atoms with Gasteiger partial charge in [-0.1, -0.05) is 11.6 Å². The monoisotopic (exact) mass is 475 g/mol. The van der Waals surface area contributed by atoms with E-state index in [1.165, 1.54) is 0 Å². The zero-order valence-corrected chi connectivity index (χ0v) is 16.0. The van der Waals surface area contributed by atoms with Gasteiger partial charge < -0.3 is 4.74 Å². The van der Waals surface area contributed by atoms with E-state index in [0.717, 1.165) is 18.5 Å². The molecule has 2 rings (SSSR count). The Hall–Kier alpha value is -3.16. The average Bonchev–Trinajstić information content (AvgIpc) is 3.15. The minimum Gasteiger partial charge on any atom is -0.426 e. The zero-order valence-electron chi connectivity index (χ0n) is 15.2. The first kappa shape index (κ1) is 24.1. The highest BCUT2D eigenvalue weighted by Crippen LogP contribution is 2.40. The zero-order chi connectivity index (χ0) is 23.9. The Morgan fingerprint density at radius 1 is 1.03 bits per heavy atom. The maximum atomic E-state index is 14.5. The molecule has 7 nitrogen and oxygen atoms in total. The van der Waals surface area contributed by atoms with Crippen molar-refractivity contribution >= 4 is 34.9 Å². The van der Waals surface area contributed by atoms with E-state index in [1.807, 2.05) is 0 Å². The number of hydrogen-bond donors (Lipinski definition) is 0. The number of halogens is 8. The lowest BCUT2D eigenvalue weighted by atomic mass is 10.1. The third-order valence-electron chi connectivity index (χ3n) is 3.64. The molecule has 0 N–H and O–H groups in total. The van der Waals surface area contributed by atoms with Crippen LogP contribution in [0, 0.1) is 23.3 Å². The van der Waals surface area contributed by atoms with Crippen molar-refractivity contribution in [1.82, 2.24) is 9.89 Å². The second kappa shape index (κ2) is 8.17. The fourth-order valence-corrected chi connectivity index (χ4v) is 2.52. The van der Waals surface area contributed by atoms with Gasteiger partial charge >= 0.3 is 23.1 Å². The Labute approximate surface area is 172 Å². The standard InChI is InChI=1S/C16H9ClF7N3O4/c1-6(28)15(17,31-7(2)29)14(30)27(26-5-3-4-25-26)13-11(20)9(18)8(16(22,23)24)10(19)12(13)21/h3-5H,1-2H3. The maximum absolute atomic E-state index is 14.5. The molecule has 0 radical (unpaired) electrons. The average molecular weight is 476 g/mol. The molecule has 0 fully saturated rings. The number of hydrogen-bond acceptors (Lipinski definition) is 5. The number of amides is 1. The lowest BCUT2D eigenvalue weighted by Gasteiger charge is -2.30. The molecule has 0 aliphatic carbocycles. The highest BCUT2D eigenvalue weighted by atomic mass is 35.5. The van der Waals surface area contributed by atoms with E-state index in [0.29, 0.717) is 13.8 Å². The van der Waals surface area contributed by atoms with Gasteiger partial charge in [-0.15, -0.1) is 0 Å². The highest BCUT2D eigenvalue weighted by Gasteiger charge is 2.52. The topological polar surface area (TPSA) is 81.5 Å². The van der Waals surface area contributed by atoms with Gasteiger partial charge in [-0.05, 0) is 6.07 Å². The number of Topliss-reactive ketones (excluding diaryl/α,β-unsaturated/α-hetero) is 1. The number of esters is 1. The summed E-state index contributed by atoms with van der Waals surface area (Å²) in [5.41, 5.74) is -4.95. The van der Waals surface area contributed by atoms with Crippen molar-refractivity contribution in [2.45, 2.75) is 25.1 Å². The molecule has 0 saturated carbocycles. The van der Waals surface area contributed by atoms with E-state index < -0.39 is 68.4 Å². The summed E-state index contributed by atoms with van der Waals surface area (Å²) in [6, 6.07) is 1.03. The molecule has 31 heavy (non-hydrogen) atoms. The third kappa shape index (κ3) is 4.19. The molecule has 2 aromatic rings. The van der Waals surface area contributed by atoms with Gasteiger partial charge in [0.05, 0.1) is 6.20 Å². The molecule has 1 atom stereocenters. The summed E-state index contributed by atoms with van der Waals surface area (Å²) in [4.78, 5) is 36.2. The number of nitrogens with zero attached hydrogens (tertiary/aromatic N) is 3. The largest absolute Gasteiger partial charge is 0.426 e. The number of carbonyl (C=O) groups is 3. The number of rotatable bonds is 5. The summed E-state index contributed by atoms with van der Waals surface area (Å²) in [5, 5.41) is -0.318. The lowest BCUT2D eigenvalue weighted by Crippen LogP contribution is -2.54. The van der Waals surface area contributed by atoms with Crippen molar-refractivity contribution in [2.24, 2.45) is 0 Å². The molecule has 15 heteroatoms. The Balaban J connectivity index is 2.88. The molecule has 0 aliphatic heterocycles. The van der Waals surface area contributed by atoms with Crippen molar-refractivity contribution in [2.75, 3.05) is 5.01 Å². The minimum absolute atomic E-state index is 0.194. The first-order valence-corrected chi connectivity index (χ1v) is 8.19. The predicted molar refractivity (Wildman–Crippen MR) is 87.4 cm³/mol. The SMILES string of the molecule is CC(=O)OC(Cl)(C(C)=O)C(=O)N(c1c(F)c(F)c(C(F)(F)F)c(F)c1F)n1cccn1. The fourth-order valence-electron chi connectivity index (χ4n) is 2.33. The van der Waals surface area contributed by atoms with Crippen LogP contribution < -0.4 is 5.01 Å². The van der Waals surface area contributed by atoms with Crippen LogP contribution in [0.1, 0.15) is 19.4 Å². The van der Waals surface area contributed by atoms with Crippen molar-refractivity contribution in [3.05, 3.63) is 47.3 Å². The molecule has 1 amide bonds. The number of alkyl halides is 4. The first-order valence-electron chi connectivity index (χ1n) is 7.81. The Bertz CT molecular complexity index is 1030. The molecule has 1 aromatic heterocycles. The van der Waals surface area contributed by atoms with Crippen LogP contribution in [0.2, 0.25) is 0 Å². The molecular weight excluding hydrogens is 467 g/mol. The maximum Gasteiger partial charge on any atom is 0.422 e. The second-order valence-electron chi connectivity index (χ2n) is 5.77. The van der Waals surface area contributed by atoms with E-state index >= 15 is 0 Å². The van der Waals surface area contributed by atoms with Gasteiger partial charge in [0.15, 0.2) is 29.1 Å². The number of benzene rings is 1. The normalized spacial score (nSPS) is 13.5. The minimum atomic E-state index is -5.84. The van der Waals surface area contributed by atoms with Gasteiger partial charge in [0.1, 0.15) is 11.3 Å². The van der Waals surface area contributed by atoms with E-state index in [9.17, 15) is 45.1 Å². The van der Waals surface area contributed by atoms with Crippen molar-refractivity contribution in [1.29, 1.82) is 0 Å². The van der Waals surface area contributed by atoms with E-state index in [1.54, 1.807) is 0 Å². The van der Waals surface area contributed by atoms with Gasteiger partial charge in [0.2, 0.25) is 0 Å². The van der Waals surface area contributed by atoms with Crippen LogP contribution in [0.25, 0.3) is 0 Å². The summed E-state index contributed by atoms with van der Waals surface area (Å²) in [5.74, 6) is -15.9. The smallest absolute Gasteiger partial charge is 0.422 e. The van der Waals surface area contributed by atoms with Crippen LogP contribution in [0.4, 0.5) is 36.4 Å². The van der Waals surface area contributed by atoms with Crippen LogP contribution in [0.5, 0.6) is 0 Å². The van der Waals surface area contributed by atoms with Gasteiger partial charge in [-0.2, -0.15) is 28.1 Å². The first-order chi connectivity index (χ1) is 14.1. The summed E-state index contributed by atoms with van der Waals surface area (Å²) < 4.78 is 100. The molecular formula is C16H9ClF7N3O4. The number of ketones is 1. The molecule has 0 aliphatic rings. The van der Waals surface area contributed by atoms with Crippen LogP contribution in [0.3, 0.4) is 0 Å². The lowest BCUT2D eigenvalue weighted by molar-refractivity contribution is -0.162. The number of aromatic nitrogens is 2. The number of anilines is 1. The summed E-state index contributed by atoms with van der Waals surface area (Å²) in [6.07, 6.45) is -4.19. The predicted octanol–water partition coefficient (Wildman–Crippen LogP) is 3.34. The molecule has 0 bridgehead atoms. The summed E-state index contributed by atoms with van der Waals surface area (Å²) >= 11 is 5.73. The Kier molecular flexibility index (Phi) is 6.35. The van der Waals surface area contributed by atoms with Crippen LogP contribution in [-0.2, 0) is 25.3 Å². The van der Waals surface area contributed by atoms with E-state index in [2.05, 4.69) is 9.84 Å². The van der Waals surface area contributed by atoms with E-state index in [-0.39, 0.29) is 4.79 Å². The Morgan fingerprint density at radius 3 is 1.90 bits per heavy atom. The molecule has 1 aromatic carbocycles. The molecule has 0 spiro atoms. The van der Waals surface area contributed by atoms with Gasteiger partial charge in [-0.3, -0.25) is 14.4 Å². The number of ether oxygens (including phenoxy) is 1. The van der Waals surface area contributed by atoms with Crippen LogP contribution in [0.15, 0.2) is 18.5 Å². The molecule has 168 valence electrons. The molecule has 1 heterocycles. The van der Waals surface area contributed by atoms with Gasteiger partial charge in [-0.25, -0.2) is 17.6 Å². The quantitative estimate of drug-likeness (QED) is 0.218. The molecule has 0 saturated heterocycles. The van der Waals surface area contributed by atoms with Crippen molar-refractivity contribution in [3.8, 4) is 0 Å². The number of carbonyl (C=O) groups excluding carboxylic acids is 3. The summed E-state index contributed by atoms with van der Waals surface area (Å²) in [7, 11) is 0.